The molecule has 0 bridgehead atoms. The smallest absolute Gasteiger partial charge is 0.257 e. The molecule has 0 heterocycles. The molecule has 0 unspecified atom stereocenters. The molecule has 2 aromatic carbocycles. The van der Waals surface area contributed by atoms with Crippen LogP contribution in [0.4, 0.5) is 5.69 Å². The molecule has 0 saturated carbocycles. The molecule has 108 valence electrons. The van der Waals surface area contributed by atoms with Gasteiger partial charge in [0.05, 0.1) is 5.69 Å². The van der Waals surface area contributed by atoms with Gasteiger partial charge in [-0.2, -0.15) is 0 Å². The van der Waals surface area contributed by atoms with E-state index in [0.29, 0.717) is 11.3 Å². The summed E-state index contributed by atoms with van der Waals surface area (Å²) in [7, 11) is 0. The first-order chi connectivity index (χ1) is 9.95. The summed E-state index contributed by atoms with van der Waals surface area (Å²) < 4.78 is 0.811. The summed E-state index contributed by atoms with van der Waals surface area (Å²) in [5.41, 5.74) is 1.91. The van der Waals surface area contributed by atoms with E-state index in [-0.39, 0.29) is 16.8 Å². The summed E-state index contributed by atoms with van der Waals surface area (Å²) in [5.74, 6) is -0.249. The number of benzene rings is 2. The molecule has 0 aliphatic carbocycles. The molecule has 0 radical (unpaired) electrons. The minimum atomic E-state index is -0.319. The fourth-order valence-corrected chi connectivity index (χ4v) is 2.31. The number of halogens is 1. The van der Waals surface area contributed by atoms with Gasteiger partial charge in [0.1, 0.15) is 5.75 Å². The number of nitrogens with one attached hydrogen (secondary N) is 2. The third kappa shape index (κ3) is 4.27. The number of carbonyl (C=O) groups is 1. The van der Waals surface area contributed by atoms with Crippen LogP contribution >= 0.6 is 28.1 Å². The van der Waals surface area contributed by atoms with Crippen LogP contribution < -0.4 is 10.6 Å². The van der Waals surface area contributed by atoms with E-state index < -0.39 is 0 Å². The number of rotatable bonds is 2. The van der Waals surface area contributed by atoms with Gasteiger partial charge >= 0.3 is 0 Å². The van der Waals surface area contributed by atoms with Gasteiger partial charge in [-0.3, -0.25) is 10.1 Å². The summed E-state index contributed by atoms with van der Waals surface area (Å²) in [6, 6.07) is 12.1. The van der Waals surface area contributed by atoms with Crippen molar-refractivity contribution >= 4 is 44.9 Å². The maximum Gasteiger partial charge on any atom is 0.257 e. The first-order valence-corrected chi connectivity index (χ1v) is 7.33. The molecule has 3 N–H and O–H groups in total. The molecule has 0 fully saturated rings. The number of aryl methyl sites for hydroxylation is 1. The molecule has 2 aromatic rings. The van der Waals surface area contributed by atoms with Gasteiger partial charge in [-0.05, 0) is 55.0 Å². The molecule has 0 aromatic heterocycles. The van der Waals surface area contributed by atoms with E-state index in [1.807, 2.05) is 13.0 Å². The van der Waals surface area contributed by atoms with Gasteiger partial charge in [0, 0.05) is 10.0 Å². The molecule has 0 atom stereocenters. The average Bonchev–Trinajstić information content (AvgIpc) is 2.42. The van der Waals surface area contributed by atoms with E-state index in [1.165, 1.54) is 0 Å². The van der Waals surface area contributed by atoms with Crippen LogP contribution in [0.1, 0.15) is 15.9 Å². The number of thiocarbonyl (C=S) groups is 1. The van der Waals surface area contributed by atoms with Crippen LogP contribution in [-0.2, 0) is 0 Å². The van der Waals surface area contributed by atoms with Crippen molar-refractivity contribution in [1.82, 2.24) is 5.32 Å². The highest BCUT2D eigenvalue weighted by Gasteiger charge is 2.09. The summed E-state index contributed by atoms with van der Waals surface area (Å²) in [5, 5.41) is 15.2. The Bertz CT molecular complexity index is 704. The third-order valence-electron chi connectivity index (χ3n) is 2.71. The molecule has 6 heteroatoms. The normalized spacial score (nSPS) is 10.0. The van der Waals surface area contributed by atoms with Crippen molar-refractivity contribution < 1.29 is 9.90 Å². The van der Waals surface area contributed by atoms with E-state index in [4.69, 9.17) is 12.2 Å². The van der Waals surface area contributed by atoms with Crippen molar-refractivity contribution in [3.8, 4) is 5.75 Å². The van der Waals surface area contributed by atoms with Crippen LogP contribution in [-0.4, -0.2) is 16.1 Å². The Morgan fingerprint density at radius 3 is 2.71 bits per heavy atom. The molecular weight excluding hydrogens is 352 g/mol. The van der Waals surface area contributed by atoms with E-state index in [2.05, 4.69) is 26.6 Å². The van der Waals surface area contributed by atoms with Crippen LogP contribution in [0.15, 0.2) is 46.9 Å². The monoisotopic (exact) mass is 364 g/mol. The van der Waals surface area contributed by atoms with Crippen LogP contribution in [0.5, 0.6) is 5.75 Å². The summed E-state index contributed by atoms with van der Waals surface area (Å²) in [4.78, 5) is 12.0. The van der Waals surface area contributed by atoms with Gasteiger partial charge in [0.2, 0.25) is 0 Å². The second-order valence-corrected chi connectivity index (χ2v) is 5.76. The number of phenols is 1. The largest absolute Gasteiger partial charge is 0.506 e. The quantitative estimate of drug-likeness (QED) is 0.562. The lowest BCUT2D eigenvalue weighted by Gasteiger charge is -2.11. The fraction of sp³-hybridized carbons (Fsp3) is 0.0667. The number of hydrogen-bond acceptors (Lipinski definition) is 3. The highest BCUT2D eigenvalue weighted by Crippen LogP contribution is 2.23. The Labute approximate surface area is 136 Å². The van der Waals surface area contributed by atoms with Crippen molar-refractivity contribution in [2.45, 2.75) is 6.92 Å². The number of hydrogen-bond donors (Lipinski definition) is 3. The summed E-state index contributed by atoms with van der Waals surface area (Å²) in [6.07, 6.45) is 0. The summed E-state index contributed by atoms with van der Waals surface area (Å²) >= 11 is 8.39. The second-order valence-electron chi connectivity index (χ2n) is 4.44. The maximum absolute atomic E-state index is 12.0. The standard InChI is InChI=1S/C15H13BrN2O2S/c1-9-5-6-13(19)12(7-9)17-15(21)18-14(20)10-3-2-4-11(16)8-10/h2-8,19H,1H3,(H2,17,18,20,21). The molecule has 2 rings (SSSR count). The van der Waals surface area contributed by atoms with Gasteiger partial charge in [0.15, 0.2) is 5.11 Å². The van der Waals surface area contributed by atoms with Gasteiger partial charge < -0.3 is 10.4 Å². The third-order valence-corrected chi connectivity index (χ3v) is 3.41. The Morgan fingerprint density at radius 2 is 2.00 bits per heavy atom. The minimum Gasteiger partial charge on any atom is -0.506 e. The Balaban J connectivity index is 2.05. The van der Waals surface area contributed by atoms with E-state index >= 15 is 0 Å². The topological polar surface area (TPSA) is 61.4 Å². The molecular formula is C15H13BrN2O2S. The lowest BCUT2D eigenvalue weighted by molar-refractivity contribution is 0.0977. The Kier molecular flexibility index (Phi) is 4.93. The zero-order chi connectivity index (χ0) is 15.4. The van der Waals surface area contributed by atoms with E-state index in [1.54, 1.807) is 36.4 Å². The highest BCUT2D eigenvalue weighted by atomic mass is 79.9. The van der Waals surface area contributed by atoms with Gasteiger partial charge in [-0.25, -0.2) is 0 Å². The zero-order valence-electron chi connectivity index (χ0n) is 11.2. The van der Waals surface area contributed by atoms with Gasteiger partial charge in [-0.1, -0.05) is 28.1 Å². The first kappa shape index (κ1) is 15.5. The van der Waals surface area contributed by atoms with E-state index in [9.17, 15) is 9.90 Å². The van der Waals surface area contributed by atoms with Crippen LogP contribution in [0, 0.1) is 6.92 Å². The van der Waals surface area contributed by atoms with Crippen molar-refractivity contribution in [3.63, 3.8) is 0 Å². The van der Waals surface area contributed by atoms with E-state index in [0.717, 1.165) is 10.0 Å². The lowest BCUT2D eigenvalue weighted by atomic mass is 10.2. The zero-order valence-corrected chi connectivity index (χ0v) is 13.6. The minimum absolute atomic E-state index is 0.0691. The molecule has 0 aliphatic rings. The van der Waals surface area contributed by atoms with Crippen LogP contribution in [0.2, 0.25) is 0 Å². The predicted octanol–water partition coefficient (Wildman–Crippen LogP) is 3.59. The number of carbonyl (C=O) groups excluding carboxylic acids is 1. The second kappa shape index (κ2) is 6.69. The first-order valence-electron chi connectivity index (χ1n) is 6.13. The number of amides is 1. The molecule has 1 amide bonds. The molecule has 21 heavy (non-hydrogen) atoms. The van der Waals surface area contributed by atoms with Crippen molar-refractivity contribution in [1.29, 1.82) is 0 Å². The highest BCUT2D eigenvalue weighted by molar-refractivity contribution is 9.10. The Hall–Kier alpha value is -1.92. The molecule has 0 aliphatic heterocycles. The number of anilines is 1. The molecule has 4 nitrogen and oxygen atoms in total. The Morgan fingerprint density at radius 1 is 1.24 bits per heavy atom. The van der Waals surface area contributed by atoms with Crippen LogP contribution in [0.3, 0.4) is 0 Å². The number of phenolic OH excluding ortho intramolecular Hbond substituents is 1. The maximum atomic E-state index is 12.0. The van der Waals surface area contributed by atoms with Crippen molar-refractivity contribution in [2.24, 2.45) is 0 Å². The average molecular weight is 365 g/mol. The van der Waals surface area contributed by atoms with Crippen molar-refractivity contribution in [3.05, 3.63) is 58.1 Å². The molecule has 0 spiro atoms. The van der Waals surface area contributed by atoms with Crippen molar-refractivity contribution in [2.75, 3.05) is 5.32 Å². The van der Waals surface area contributed by atoms with Crippen LogP contribution in [0.25, 0.3) is 0 Å². The predicted molar refractivity (Wildman–Crippen MR) is 90.7 cm³/mol. The lowest BCUT2D eigenvalue weighted by Crippen LogP contribution is -2.34. The molecule has 0 saturated heterocycles. The van der Waals surface area contributed by atoms with Gasteiger partial charge in [-0.15, -0.1) is 0 Å². The number of aromatic hydroxyl groups is 1. The van der Waals surface area contributed by atoms with Gasteiger partial charge in [0.25, 0.3) is 5.91 Å². The summed E-state index contributed by atoms with van der Waals surface area (Å²) in [6.45, 7) is 1.90. The fourth-order valence-electron chi connectivity index (χ4n) is 1.71. The SMILES string of the molecule is Cc1ccc(O)c(NC(=S)NC(=O)c2cccc(Br)c2)c1.